The minimum Gasteiger partial charge on any atom is -0.310 e. The zero-order valence-corrected chi connectivity index (χ0v) is 26.9. The maximum Gasteiger partial charge on any atom is 0.0540 e. The van der Waals surface area contributed by atoms with Crippen LogP contribution in [0.15, 0.2) is 165 Å². The van der Waals surface area contributed by atoms with Gasteiger partial charge in [-0.15, -0.1) is 0 Å². The van der Waals surface area contributed by atoms with Crippen LogP contribution in [0.4, 0.5) is 0 Å². The topological polar surface area (TPSA) is 4.93 Å². The molecule has 0 atom stereocenters. The van der Waals surface area contributed by atoms with E-state index >= 15 is 0 Å². The molecule has 7 rings (SSSR count). The number of benzene rings is 6. The summed E-state index contributed by atoms with van der Waals surface area (Å²) in [7, 11) is 0. The van der Waals surface area contributed by atoms with Gasteiger partial charge in [0.1, 0.15) is 0 Å². The highest BCUT2D eigenvalue weighted by molar-refractivity contribution is 6.20. The molecule has 0 saturated heterocycles. The van der Waals surface area contributed by atoms with Crippen LogP contribution in [-0.2, 0) is 0 Å². The van der Waals surface area contributed by atoms with Gasteiger partial charge < -0.3 is 4.57 Å². The molecule has 0 amide bonds. The highest BCUT2D eigenvalue weighted by Crippen LogP contribution is 2.45. The molecule has 1 heteroatoms. The Morgan fingerprint density at radius 3 is 1.77 bits per heavy atom. The number of allylic oxidation sites excluding steroid dienone is 6. The van der Waals surface area contributed by atoms with Gasteiger partial charge in [0.25, 0.3) is 0 Å². The molecule has 226 valence electrons. The van der Waals surface area contributed by atoms with Gasteiger partial charge >= 0.3 is 0 Å². The Kier molecular flexibility index (Phi) is 8.13. The van der Waals surface area contributed by atoms with Crippen molar-refractivity contribution in [3.8, 4) is 22.3 Å². The monoisotopic (exact) mass is 603 g/mol. The fourth-order valence-corrected chi connectivity index (χ4v) is 7.02. The van der Waals surface area contributed by atoms with Gasteiger partial charge in [0.15, 0.2) is 0 Å². The summed E-state index contributed by atoms with van der Waals surface area (Å²) in [5.41, 5.74) is 11.5. The Hall–Kier alpha value is -5.92. The van der Waals surface area contributed by atoms with E-state index in [2.05, 4.69) is 182 Å². The number of hydrogen-bond donors (Lipinski definition) is 0. The van der Waals surface area contributed by atoms with Crippen LogP contribution >= 0.6 is 0 Å². The predicted octanol–water partition coefficient (Wildman–Crippen LogP) is 13.1. The van der Waals surface area contributed by atoms with Gasteiger partial charge in [-0.25, -0.2) is 0 Å². The first-order valence-electron chi connectivity index (χ1n) is 16.2. The lowest BCUT2D eigenvalue weighted by Gasteiger charge is -2.20. The Labute approximate surface area is 277 Å². The Morgan fingerprint density at radius 1 is 0.596 bits per heavy atom. The quantitative estimate of drug-likeness (QED) is 0.120. The van der Waals surface area contributed by atoms with Crippen molar-refractivity contribution in [3.05, 3.63) is 182 Å². The fraction of sp³-hybridized carbons (Fsp3) is 0.0435. The number of rotatable bonds is 8. The minimum absolute atomic E-state index is 0.883. The van der Waals surface area contributed by atoms with Crippen LogP contribution in [0.25, 0.3) is 78.1 Å². The smallest absolute Gasteiger partial charge is 0.0540 e. The van der Waals surface area contributed by atoms with Crippen LogP contribution in [0.3, 0.4) is 0 Å². The number of para-hydroxylation sites is 1. The second kappa shape index (κ2) is 12.8. The van der Waals surface area contributed by atoms with Crippen molar-refractivity contribution in [2.24, 2.45) is 0 Å². The maximum atomic E-state index is 4.55. The van der Waals surface area contributed by atoms with E-state index in [1.54, 1.807) is 0 Å². The van der Waals surface area contributed by atoms with Crippen molar-refractivity contribution < 1.29 is 0 Å². The fourth-order valence-electron chi connectivity index (χ4n) is 7.02. The molecular formula is C46H37N. The highest BCUT2D eigenvalue weighted by Gasteiger charge is 2.19. The lowest BCUT2D eigenvalue weighted by atomic mass is 9.83. The summed E-state index contributed by atoms with van der Waals surface area (Å²) in [5, 5.41) is 6.10. The van der Waals surface area contributed by atoms with E-state index in [0.717, 1.165) is 28.0 Å². The maximum absolute atomic E-state index is 4.55. The molecule has 0 unspecified atom stereocenters. The molecule has 0 aliphatic heterocycles. The van der Waals surface area contributed by atoms with Crippen LogP contribution in [0.5, 0.6) is 0 Å². The zero-order chi connectivity index (χ0) is 32.3. The molecule has 0 saturated carbocycles. The summed E-state index contributed by atoms with van der Waals surface area (Å²) in [6, 6.07) is 45.6. The van der Waals surface area contributed by atoms with E-state index < -0.39 is 0 Å². The third kappa shape index (κ3) is 5.16. The molecule has 0 spiro atoms. The van der Waals surface area contributed by atoms with Crippen molar-refractivity contribution in [1.82, 2.24) is 4.57 Å². The molecule has 1 heterocycles. The van der Waals surface area contributed by atoms with Crippen LogP contribution in [0.1, 0.15) is 30.7 Å². The van der Waals surface area contributed by atoms with Gasteiger partial charge in [0.2, 0.25) is 0 Å². The Morgan fingerprint density at radius 2 is 1.15 bits per heavy atom. The van der Waals surface area contributed by atoms with Crippen LogP contribution in [-0.4, -0.2) is 4.57 Å². The molecule has 6 aromatic carbocycles. The molecule has 1 nitrogen and oxygen atoms in total. The Balaban J connectivity index is 1.42. The molecule has 0 aliphatic rings. The summed E-state index contributed by atoms with van der Waals surface area (Å²) in [5.74, 6) is 0. The van der Waals surface area contributed by atoms with Crippen LogP contribution in [0, 0.1) is 0 Å². The second-order valence-electron chi connectivity index (χ2n) is 11.7. The van der Waals surface area contributed by atoms with Gasteiger partial charge in [0, 0.05) is 16.6 Å². The van der Waals surface area contributed by atoms with Gasteiger partial charge in [-0.1, -0.05) is 159 Å². The molecule has 0 aliphatic carbocycles. The van der Waals surface area contributed by atoms with E-state index in [-0.39, 0.29) is 0 Å². The average Bonchev–Trinajstić information content (AvgIpc) is 3.45. The van der Waals surface area contributed by atoms with E-state index in [9.17, 15) is 0 Å². The van der Waals surface area contributed by atoms with Crippen molar-refractivity contribution in [3.63, 3.8) is 0 Å². The van der Waals surface area contributed by atoms with Gasteiger partial charge in [-0.3, -0.25) is 0 Å². The van der Waals surface area contributed by atoms with Crippen molar-refractivity contribution in [1.29, 1.82) is 0 Å². The van der Waals surface area contributed by atoms with E-state index in [1.165, 1.54) is 54.7 Å². The second-order valence-corrected chi connectivity index (χ2v) is 11.7. The number of hydrogen-bond acceptors (Lipinski definition) is 0. The van der Waals surface area contributed by atoms with Crippen LogP contribution in [0.2, 0.25) is 0 Å². The lowest BCUT2D eigenvalue weighted by molar-refractivity contribution is 1.16. The molecule has 47 heavy (non-hydrogen) atoms. The molecule has 0 bridgehead atoms. The lowest BCUT2D eigenvalue weighted by Crippen LogP contribution is -1.97. The summed E-state index contributed by atoms with van der Waals surface area (Å²) in [6.45, 7) is 12.9. The summed E-state index contributed by atoms with van der Waals surface area (Å²) >= 11 is 0. The van der Waals surface area contributed by atoms with E-state index in [0.29, 0.717) is 0 Å². The number of nitrogens with zero attached hydrogens (tertiary/aromatic N) is 1. The van der Waals surface area contributed by atoms with E-state index in [1.807, 2.05) is 13.0 Å². The first-order chi connectivity index (χ1) is 23.2. The van der Waals surface area contributed by atoms with Gasteiger partial charge in [0.05, 0.1) is 11.2 Å². The van der Waals surface area contributed by atoms with Crippen molar-refractivity contribution in [2.75, 3.05) is 0 Å². The predicted molar refractivity (Wildman–Crippen MR) is 207 cm³/mol. The van der Waals surface area contributed by atoms with Crippen LogP contribution < -0.4 is 0 Å². The first kappa shape index (κ1) is 29.8. The summed E-state index contributed by atoms with van der Waals surface area (Å²) in [4.78, 5) is 0. The summed E-state index contributed by atoms with van der Waals surface area (Å²) in [6.07, 6.45) is 12.7. The molecular weight excluding hydrogens is 567 g/mol. The van der Waals surface area contributed by atoms with Crippen molar-refractivity contribution in [2.45, 2.75) is 13.8 Å². The number of fused-ring (bicyclic) bond motifs is 3. The SMILES string of the molecule is C=Cc1c(/C=C\C)c2ccccc2n1C(=C)/C=C\C(=C/C)c1c2ccccc2c(-c2ccccc2-c2ccccc2)c2ccccc12. The largest absolute Gasteiger partial charge is 0.310 e. The highest BCUT2D eigenvalue weighted by atomic mass is 15.0. The third-order valence-electron chi connectivity index (χ3n) is 9.03. The first-order valence-corrected chi connectivity index (χ1v) is 16.2. The Bertz CT molecular complexity index is 2340. The van der Waals surface area contributed by atoms with E-state index in [4.69, 9.17) is 0 Å². The molecule has 0 radical (unpaired) electrons. The molecule has 0 fully saturated rings. The van der Waals surface area contributed by atoms with Gasteiger partial charge in [-0.2, -0.15) is 0 Å². The zero-order valence-electron chi connectivity index (χ0n) is 26.9. The standard InChI is InChI=1S/C46H37N/c1-5-19-36-37-23-17-18-29-44(37)47(43(36)7-3)32(4)30-31-33(6-2)45-39-25-13-15-27-41(39)46(42-28-16-14-26-40(42)45)38-24-12-11-22-35(38)34-20-9-8-10-21-34/h5-31H,3-4H2,1-2H3/b19-5-,31-30-,33-6+. The molecule has 1 aromatic heterocycles. The van der Waals surface area contributed by atoms with Gasteiger partial charge in [-0.05, 0) is 87.0 Å². The number of aromatic nitrogens is 1. The minimum atomic E-state index is 0.883. The average molecular weight is 604 g/mol. The molecule has 0 N–H and O–H groups in total. The third-order valence-corrected chi connectivity index (χ3v) is 9.03. The molecule has 7 aromatic rings. The normalized spacial score (nSPS) is 12.2. The van der Waals surface area contributed by atoms with Crippen molar-refractivity contribution >= 4 is 55.9 Å². The summed E-state index contributed by atoms with van der Waals surface area (Å²) < 4.78 is 2.21.